The van der Waals surface area contributed by atoms with Crippen molar-refractivity contribution in [1.29, 1.82) is 0 Å². The molecule has 5 nitrogen and oxygen atoms in total. The van der Waals surface area contributed by atoms with Gasteiger partial charge in [0.15, 0.2) is 6.61 Å². The van der Waals surface area contributed by atoms with Crippen LogP contribution in [-0.4, -0.2) is 29.5 Å². The number of carbonyl (C=O) groups excluding carboxylic acids is 2. The van der Waals surface area contributed by atoms with E-state index in [1.54, 1.807) is 18.3 Å². The predicted molar refractivity (Wildman–Crippen MR) is 78.6 cm³/mol. The standard InChI is InChI=1S/C16H22N2O3/c1-11-5-3-7-14(12(11)2)18-15(19)10-21-16(20)13-6-4-8-17-9-13/h4,6,8-9,11-12,14H,3,5,7,10H2,1-2H3,(H,18,19)/t11-,12+,14-/m0/s1. The first-order valence-electron chi connectivity index (χ1n) is 7.44. The Kier molecular flexibility index (Phi) is 5.31. The number of hydrogen-bond acceptors (Lipinski definition) is 4. The SMILES string of the molecule is C[C@H]1[C@@H](NC(=O)COC(=O)c2cccnc2)CCC[C@@H]1C. The maximum atomic E-state index is 11.9. The third kappa shape index (κ3) is 4.28. The van der Waals surface area contributed by atoms with Crippen molar-refractivity contribution in [3.05, 3.63) is 30.1 Å². The third-order valence-corrected chi connectivity index (χ3v) is 4.28. The highest BCUT2D eigenvalue weighted by molar-refractivity contribution is 5.90. The van der Waals surface area contributed by atoms with E-state index in [4.69, 9.17) is 4.74 Å². The van der Waals surface area contributed by atoms with Crippen LogP contribution >= 0.6 is 0 Å². The van der Waals surface area contributed by atoms with Crippen LogP contribution in [-0.2, 0) is 9.53 Å². The fourth-order valence-electron chi connectivity index (χ4n) is 2.73. The van der Waals surface area contributed by atoms with Crippen LogP contribution in [0.4, 0.5) is 0 Å². The van der Waals surface area contributed by atoms with Gasteiger partial charge in [-0.1, -0.05) is 26.7 Å². The molecule has 0 saturated heterocycles. The van der Waals surface area contributed by atoms with Gasteiger partial charge in [-0.3, -0.25) is 9.78 Å². The van der Waals surface area contributed by atoms with Gasteiger partial charge in [-0.2, -0.15) is 0 Å². The molecular formula is C16H22N2O3. The molecule has 0 spiro atoms. The molecule has 1 aliphatic carbocycles. The molecular weight excluding hydrogens is 268 g/mol. The Morgan fingerprint density at radius 2 is 2.19 bits per heavy atom. The number of pyridine rings is 1. The molecule has 1 fully saturated rings. The molecule has 1 aromatic rings. The van der Waals surface area contributed by atoms with Gasteiger partial charge in [0.1, 0.15) is 0 Å². The number of aromatic nitrogens is 1. The first-order chi connectivity index (χ1) is 10.1. The summed E-state index contributed by atoms with van der Waals surface area (Å²) in [5, 5.41) is 2.97. The molecule has 21 heavy (non-hydrogen) atoms. The van der Waals surface area contributed by atoms with Gasteiger partial charge in [-0.05, 0) is 30.4 Å². The van der Waals surface area contributed by atoms with Crippen LogP contribution in [0.3, 0.4) is 0 Å². The van der Waals surface area contributed by atoms with Crippen LogP contribution in [0.5, 0.6) is 0 Å². The van der Waals surface area contributed by atoms with Crippen molar-refractivity contribution in [3.63, 3.8) is 0 Å². The van der Waals surface area contributed by atoms with E-state index in [0.29, 0.717) is 17.4 Å². The number of nitrogens with one attached hydrogen (secondary N) is 1. The summed E-state index contributed by atoms with van der Waals surface area (Å²) in [6.07, 6.45) is 6.34. The summed E-state index contributed by atoms with van der Waals surface area (Å²) in [6, 6.07) is 3.44. The molecule has 3 atom stereocenters. The Balaban J connectivity index is 1.78. The number of ether oxygens (including phenoxy) is 1. The summed E-state index contributed by atoms with van der Waals surface area (Å²) < 4.78 is 5.00. The second-order valence-electron chi connectivity index (χ2n) is 5.76. The Morgan fingerprint density at radius 3 is 2.90 bits per heavy atom. The van der Waals surface area contributed by atoms with Crippen LogP contribution in [0.25, 0.3) is 0 Å². The van der Waals surface area contributed by atoms with Gasteiger partial charge in [0, 0.05) is 18.4 Å². The largest absolute Gasteiger partial charge is 0.452 e. The smallest absolute Gasteiger partial charge is 0.340 e. The summed E-state index contributed by atoms with van der Waals surface area (Å²) in [6.45, 7) is 4.13. The lowest BCUT2D eigenvalue weighted by atomic mass is 9.78. The minimum atomic E-state index is -0.525. The number of rotatable bonds is 4. The van der Waals surface area contributed by atoms with E-state index in [0.717, 1.165) is 12.8 Å². The molecule has 1 heterocycles. The quantitative estimate of drug-likeness (QED) is 0.863. The first kappa shape index (κ1) is 15.5. The Bertz CT molecular complexity index is 490. The fourth-order valence-corrected chi connectivity index (χ4v) is 2.73. The second kappa shape index (κ2) is 7.20. The molecule has 1 aromatic heterocycles. The van der Waals surface area contributed by atoms with Gasteiger partial charge in [0.2, 0.25) is 0 Å². The average molecular weight is 290 g/mol. The van der Waals surface area contributed by atoms with E-state index in [1.807, 2.05) is 0 Å². The van der Waals surface area contributed by atoms with Crippen molar-refractivity contribution in [2.24, 2.45) is 11.8 Å². The average Bonchev–Trinajstić information content (AvgIpc) is 2.50. The molecule has 0 radical (unpaired) electrons. The van der Waals surface area contributed by atoms with Crippen molar-refractivity contribution in [2.75, 3.05) is 6.61 Å². The van der Waals surface area contributed by atoms with E-state index >= 15 is 0 Å². The maximum Gasteiger partial charge on any atom is 0.340 e. The monoisotopic (exact) mass is 290 g/mol. The molecule has 0 bridgehead atoms. The Hall–Kier alpha value is -1.91. The zero-order chi connectivity index (χ0) is 15.2. The molecule has 2 rings (SSSR count). The Labute approximate surface area is 125 Å². The topological polar surface area (TPSA) is 68.3 Å². The fraction of sp³-hybridized carbons (Fsp3) is 0.562. The highest BCUT2D eigenvalue weighted by atomic mass is 16.5. The number of carbonyl (C=O) groups is 2. The van der Waals surface area contributed by atoms with Crippen LogP contribution in [0, 0.1) is 11.8 Å². The molecule has 0 aromatic carbocycles. The maximum absolute atomic E-state index is 11.9. The van der Waals surface area contributed by atoms with Crippen LogP contribution in [0.15, 0.2) is 24.5 Å². The lowest BCUT2D eigenvalue weighted by molar-refractivity contribution is -0.125. The molecule has 5 heteroatoms. The van der Waals surface area contributed by atoms with Gasteiger partial charge < -0.3 is 10.1 Å². The molecule has 0 aliphatic heterocycles. The summed E-state index contributed by atoms with van der Waals surface area (Å²) in [4.78, 5) is 27.5. The van der Waals surface area contributed by atoms with Crippen LogP contribution < -0.4 is 5.32 Å². The van der Waals surface area contributed by atoms with Gasteiger partial charge in [0.05, 0.1) is 5.56 Å². The second-order valence-corrected chi connectivity index (χ2v) is 5.76. The van der Waals surface area contributed by atoms with Crippen molar-refractivity contribution in [1.82, 2.24) is 10.3 Å². The van der Waals surface area contributed by atoms with Crippen molar-refractivity contribution in [2.45, 2.75) is 39.2 Å². The number of esters is 1. The van der Waals surface area contributed by atoms with E-state index in [9.17, 15) is 9.59 Å². The minimum Gasteiger partial charge on any atom is -0.452 e. The summed E-state index contributed by atoms with van der Waals surface area (Å²) in [5.41, 5.74) is 0.352. The normalized spacial score (nSPS) is 25.1. The minimum absolute atomic E-state index is 0.179. The molecule has 1 amide bonds. The highest BCUT2D eigenvalue weighted by Gasteiger charge is 2.28. The van der Waals surface area contributed by atoms with E-state index in [2.05, 4.69) is 24.1 Å². The van der Waals surface area contributed by atoms with E-state index in [1.165, 1.54) is 12.6 Å². The number of nitrogens with zero attached hydrogens (tertiary/aromatic N) is 1. The first-order valence-corrected chi connectivity index (χ1v) is 7.44. The van der Waals surface area contributed by atoms with Crippen molar-refractivity contribution < 1.29 is 14.3 Å². The highest BCUT2D eigenvalue weighted by Crippen LogP contribution is 2.29. The lowest BCUT2D eigenvalue weighted by Crippen LogP contribution is -2.45. The number of hydrogen-bond donors (Lipinski definition) is 1. The zero-order valence-corrected chi connectivity index (χ0v) is 12.5. The summed E-state index contributed by atoms with van der Waals surface area (Å²) in [5.74, 6) is 0.306. The van der Waals surface area contributed by atoms with E-state index < -0.39 is 5.97 Å². The van der Waals surface area contributed by atoms with Gasteiger partial charge in [0.25, 0.3) is 5.91 Å². The molecule has 1 aliphatic rings. The predicted octanol–water partition coefficient (Wildman–Crippen LogP) is 2.18. The van der Waals surface area contributed by atoms with Crippen LogP contribution in [0.2, 0.25) is 0 Å². The molecule has 1 N–H and O–H groups in total. The molecule has 114 valence electrons. The summed E-state index contributed by atoms with van der Waals surface area (Å²) >= 11 is 0. The van der Waals surface area contributed by atoms with Gasteiger partial charge in [-0.25, -0.2) is 4.79 Å². The number of amides is 1. The van der Waals surface area contributed by atoms with E-state index in [-0.39, 0.29) is 18.6 Å². The van der Waals surface area contributed by atoms with Gasteiger partial charge in [-0.15, -0.1) is 0 Å². The lowest BCUT2D eigenvalue weighted by Gasteiger charge is -2.34. The van der Waals surface area contributed by atoms with Crippen molar-refractivity contribution in [3.8, 4) is 0 Å². The van der Waals surface area contributed by atoms with Crippen molar-refractivity contribution >= 4 is 11.9 Å². The molecule has 1 saturated carbocycles. The molecule has 0 unspecified atom stereocenters. The zero-order valence-electron chi connectivity index (χ0n) is 12.5. The Morgan fingerprint density at radius 1 is 1.38 bits per heavy atom. The van der Waals surface area contributed by atoms with Crippen LogP contribution in [0.1, 0.15) is 43.5 Å². The third-order valence-electron chi connectivity index (χ3n) is 4.28. The summed E-state index contributed by atoms with van der Waals surface area (Å²) in [7, 11) is 0. The van der Waals surface area contributed by atoms with Gasteiger partial charge >= 0.3 is 5.97 Å².